The fourth-order valence-electron chi connectivity index (χ4n) is 3.07. The van der Waals surface area contributed by atoms with Gasteiger partial charge in [-0.3, -0.25) is 10.0 Å². The fraction of sp³-hybridized carbons (Fsp3) is 0.188. The second kappa shape index (κ2) is 5.50. The molecule has 8 nitrogen and oxygen atoms in total. The van der Waals surface area contributed by atoms with Gasteiger partial charge in [-0.25, -0.2) is 15.4 Å². The van der Waals surface area contributed by atoms with E-state index in [1.54, 1.807) is 5.48 Å². The van der Waals surface area contributed by atoms with Crippen LogP contribution in [0.4, 0.5) is 11.6 Å². The van der Waals surface area contributed by atoms with Gasteiger partial charge in [-0.05, 0) is 18.2 Å². The third-order valence-electron chi connectivity index (χ3n) is 4.28. The third kappa shape index (κ3) is 2.33. The molecule has 1 aromatic carbocycles. The molecule has 0 radical (unpaired) electrons. The molecule has 0 aliphatic carbocycles. The van der Waals surface area contributed by atoms with Gasteiger partial charge in [-0.15, -0.1) is 0 Å². The largest absolute Gasteiger partial charge is 0.399 e. The Morgan fingerprint density at radius 2 is 2.12 bits per heavy atom. The normalized spacial score (nSPS) is 13.8. The number of nitrogen functional groups attached to an aromatic ring is 1. The molecule has 24 heavy (non-hydrogen) atoms. The minimum atomic E-state index is -0.630. The SMILES string of the molecule is Nc1ccc2[nH]c3c(c2c1)CN(c1ncc(C(=O)NO)cn1)CC3. The van der Waals surface area contributed by atoms with Crippen LogP contribution in [0.2, 0.25) is 0 Å². The highest BCUT2D eigenvalue weighted by Crippen LogP contribution is 2.30. The molecule has 5 N–H and O–H groups in total. The Bertz CT molecular complexity index is 918. The van der Waals surface area contributed by atoms with Gasteiger partial charge in [-0.2, -0.15) is 0 Å². The topological polar surface area (TPSA) is 120 Å². The van der Waals surface area contributed by atoms with Gasteiger partial charge in [-0.1, -0.05) is 0 Å². The number of nitrogens with two attached hydrogens (primary N) is 1. The monoisotopic (exact) mass is 324 g/mol. The first-order chi connectivity index (χ1) is 11.7. The second-order valence-electron chi connectivity index (χ2n) is 5.77. The Hall–Kier alpha value is -3.13. The molecule has 0 saturated carbocycles. The number of amides is 1. The Morgan fingerprint density at radius 3 is 2.88 bits per heavy atom. The molecular formula is C16H16N6O2. The number of nitrogens with one attached hydrogen (secondary N) is 2. The van der Waals surface area contributed by atoms with Gasteiger partial charge in [0.1, 0.15) is 0 Å². The van der Waals surface area contributed by atoms with Gasteiger partial charge in [0.05, 0.1) is 5.56 Å². The van der Waals surface area contributed by atoms with Crippen LogP contribution in [0.25, 0.3) is 10.9 Å². The lowest BCUT2D eigenvalue weighted by atomic mass is 10.0. The zero-order valence-corrected chi connectivity index (χ0v) is 12.8. The van der Waals surface area contributed by atoms with E-state index >= 15 is 0 Å². The quantitative estimate of drug-likeness (QED) is 0.320. The summed E-state index contributed by atoms with van der Waals surface area (Å²) < 4.78 is 0. The lowest BCUT2D eigenvalue weighted by Gasteiger charge is -2.27. The average Bonchev–Trinajstić information content (AvgIpc) is 2.98. The van der Waals surface area contributed by atoms with Gasteiger partial charge in [0, 0.05) is 59.8 Å². The van der Waals surface area contributed by atoms with Crippen molar-refractivity contribution in [2.24, 2.45) is 0 Å². The van der Waals surface area contributed by atoms with Crippen molar-refractivity contribution in [3.8, 4) is 0 Å². The molecule has 0 saturated heterocycles. The number of aromatic amines is 1. The lowest BCUT2D eigenvalue weighted by Crippen LogP contribution is -2.31. The summed E-state index contributed by atoms with van der Waals surface area (Å²) in [4.78, 5) is 25.3. The number of fused-ring (bicyclic) bond motifs is 3. The summed E-state index contributed by atoms with van der Waals surface area (Å²) in [5, 5.41) is 9.75. The highest BCUT2D eigenvalue weighted by atomic mass is 16.5. The van der Waals surface area contributed by atoms with Crippen molar-refractivity contribution in [1.82, 2.24) is 20.4 Å². The number of hydrogen-bond acceptors (Lipinski definition) is 6. The molecule has 1 amide bonds. The summed E-state index contributed by atoms with van der Waals surface area (Å²) in [5.41, 5.74) is 11.9. The maximum absolute atomic E-state index is 11.3. The molecule has 0 bridgehead atoms. The molecule has 8 heteroatoms. The van der Waals surface area contributed by atoms with E-state index in [2.05, 4.69) is 19.9 Å². The van der Waals surface area contributed by atoms with Gasteiger partial charge >= 0.3 is 0 Å². The van der Waals surface area contributed by atoms with E-state index in [0.717, 1.165) is 29.6 Å². The maximum atomic E-state index is 11.3. The molecule has 1 aliphatic heterocycles. The van der Waals surface area contributed by atoms with E-state index in [4.69, 9.17) is 10.9 Å². The number of carbonyl (C=O) groups excluding carboxylic acids is 1. The molecule has 122 valence electrons. The Balaban J connectivity index is 1.65. The maximum Gasteiger partial charge on any atom is 0.277 e. The first kappa shape index (κ1) is 14.5. The third-order valence-corrected chi connectivity index (χ3v) is 4.28. The van der Waals surface area contributed by atoms with Gasteiger partial charge < -0.3 is 15.6 Å². The zero-order chi connectivity index (χ0) is 16.7. The molecule has 4 rings (SSSR count). The van der Waals surface area contributed by atoms with Crippen molar-refractivity contribution in [3.05, 3.63) is 47.4 Å². The lowest BCUT2D eigenvalue weighted by molar-refractivity contribution is 0.0705. The predicted molar refractivity (Wildman–Crippen MR) is 88.7 cm³/mol. The van der Waals surface area contributed by atoms with E-state index in [1.807, 2.05) is 18.2 Å². The van der Waals surface area contributed by atoms with Crippen LogP contribution in [0.3, 0.4) is 0 Å². The summed E-state index contributed by atoms with van der Waals surface area (Å²) in [6.07, 6.45) is 3.65. The van der Waals surface area contributed by atoms with E-state index in [-0.39, 0.29) is 5.56 Å². The number of benzene rings is 1. The van der Waals surface area contributed by atoms with Crippen molar-refractivity contribution >= 4 is 28.4 Å². The Morgan fingerprint density at radius 1 is 1.33 bits per heavy atom. The van der Waals surface area contributed by atoms with Gasteiger partial charge in [0.25, 0.3) is 5.91 Å². The number of hydrogen-bond donors (Lipinski definition) is 4. The van der Waals surface area contributed by atoms with Crippen LogP contribution in [-0.2, 0) is 13.0 Å². The van der Waals surface area contributed by atoms with Crippen molar-refractivity contribution in [3.63, 3.8) is 0 Å². The number of H-pyrrole nitrogens is 1. The Kier molecular flexibility index (Phi) is 3.31. The van der Waals surface area contributed by atoms with E-state index in [1.165, 1.54) is 23.7 Å². The van der Waals surface area contributed by atoms with Crippen molar-refractivity contribution in [2.75, 3.05) is 17.2 Å². The smallest absolute Gasteiger partial charge is 0.277 e. The number of nitrogens with zero attached hydrogens (tertiary/aromatic N) is 3. The minimum Gasteiger partial charge on any atom is -0.399 e. The molecule has 1 aliphatic rings. The number of hydroxylamine groups is 1. The average molecular weight is 324 g/mol. The van der Waals surface area contributed by atoms with Crippen molar-refractivity contribution in [2.45, 2.75) is 13.0 Å². The van der Waals surface area contributed by atoms with Gasteiger partial charge in [0.15, 0.2) is 0 Å². The molecular weight excluding hydrogens is 308 g/mol. The minimum absolute atomic E-state index is 0.207. The molecule has 0 unspecified atom stereocenters. The molecule has 3 aromatic rings. The summed E-state index contributed by atoms with van der Waals surface area (Å²) in [6, 6.07) is 5.85. The number of rotatable bonds is 2. The van der Waals surface area contributed by atoms with E-state index in [0.29, 0.717) is 12.5 Å². The molecule has 0 spiro atoms. The second-order valence-corrected chi connectivity index (χ2v) is 5.77. The summed E-state index contributed by atoms with van der Waals surface area (Å²) >= 11 is 0. The van der Waals surface area contributed by atoms with Crippen molar-refractivity contribution in [1.29, 1.82) is 0 Å². The predicted octanol–water partition coefficient (Wildman–Crippen LogP) is 1.22. The number of carbonyl (C=O) groups is 1. The first-order valence-corrected chi connectivity index (χ1v) is 7.56. The summed E-state index contributed by atoms with van der Waals surface area (Å²) in [7, 11) is 0. The standard InChI is InChI=1S/C16H16N6O2/c17-10-1-2-13-11(5-10)12-8-22(4-3-14(12)20-13)16-18-6-9(7-19-16)15(23)21-24/h1-2,5-7,20,24H,3-4,8,17H2,(H,21,23). The van der Waals surface area contributed by atoms with Gasteiger partial charge in [0.2, 0.25) is 5.95 Å². The van der Waals surface area contributed by atoms with Crippen LogP contribution >= 0.6 is 0 Å². The van der Waals surface area contributed by atoms with E-state index in [9.17, 15) is 4.79 Å². The molecule has 0 atom stereocenters. The highest BCUT2D eigenvalue weighted by Gasteiger charge is 2.22. The first-order valence-electron chi connectivity index (χ1n) is 7.56. The van der Waals surface area contributed by atoms with Crippen LogP contribution in [0.1, 0.15) is 21.6 Å². The fourth-order valence-corrected chi connectivity index (χ4v) is 3.07. The summed E-state index contributed by atoms with van der Waals surface area (Å²) in [5.74, 6) is -0.0806. The molecule has 3 heterocycles. The van der Waals surface area contributed by atoms with Crippen LogP contribution in [0.15, 0.2) is 30.6 Å². The summed E-state index contributed by atoms with van der Waals surface area (Å²) in [6.45, 7) is 1.45. The Labute approximate surface area is 137 Å². The highest BCUT2D eigenvalue weighted by molar-refractivity contribution is 5.92. The molecule has 2 aromatic heterocycles. The van der Waals surface area contributed by atoms with Crippen LogP contribution < -0.4 is 16.1 Å². The van der Waals surface area contributed by atoms with E-state index < -0.39 is 5.91 Å². The number of anilines is 2. The van der Waals surface area contributed by atoms with Crippen LogP contribution in [0.5, 0.6) is 0 Å². The van der Waals surface area contributed by atoms with Crippen LogP contribution in [-0.4, -0.2) is 32.6 Å². The number of aromatic nitrogens is 3. The van der Waals surface area contributed by atoms with Crippen LogP contribution in [0, 0.1) is 0 Å². The zero-order valence-electron chi connectivity index (χ0n) is 12.8. The molecule has 0 fully saturated rings. The van der Waals surface area contributed by atoms with Crippen molar-refractivity contribution < 1.29 is 10.0 Å².